The lowest BCUT2D eigenvalue weighted by molar-refractivity contribution is -0.555. The number of fused-ring (bicyclic) bond motifs is 43. The molecule has 0 saturated heterocycles. The monoisotopic (exact) mass is 498 g/mol. The molecule has 16 aliphatic rings. The third kappa shape index (κ3) is 1.16. The highest BCUT2D eigenvalue weighted by atomic mass is 15.0. The van der Waals surface area contributed by atoms with Gasteiger partial charge in [0.15, 0.2) is 0 Å². The standard InChI is InChI=1S/C38H42/c1-3-4-5-8-6-11-12(8)16-15(11)19-20(16)24-23(19)28-26(24)30-32(28)36-34(30)37-33-29-25-21-17-13-9-7-10(9)14(13)18(17)22(21)27(25)31(29)35(33)38(36,37)2/h8-37H,5-7H2,1-2H3/t8-,9?,10?,11?,12?,13?,14?,15?,16?,17?,18?,19?,20?,21?,22?,23?,24?,25?,26?,27?,28?,29?,30?,31?,32?,33?,34?,35?,36?,37?,38?/m1/s1. The molecule has 31 atom stereocenters. The van der Waals surface area contributed by atoms with Crippen molar-refractivity contribution in [3.05, 3.63) is 0 Å². The zero-order valence-corrected chi connectivity index (χ0v) is 22.9. The molecule has 16 rings (SSSR count). The Labute approximate surface area is 227 Å². The third-order valence-corrected chi connectivity index (χ3v) is 22.1. The maximum Gasteiger partial charge on any atom is 0.0120 e. The largest absolute Gasteiger partial charge is 0.107 e. The fourth-order valence-electron chi connectivity index (χ4n) is 22.3. The van der Waals surface area contributed by atoms with Crippen LogP contribution in [0.5, 0.6) is 0 Å². The highest BCUT2D eigenvalue weighted by Gasteiger charge is 2.99. The van der Waals surface area contributed by atoms with Crippen molar-refractivity contribution in [2.24, 2.45) is 183 Å². The smallest absolute Gasteiger partial charge is 0.0120 e. The van der Waals surface area contributed by atoms with Crippen LogP contribution in [0.1, 0.15) is 33.1 Å². The van der Waals surface area contributed by atoms with Gasteiger partial charge in [0.2, 0.25) is 0 Å². The molecular weight excluding hydrogens is 456 g/mol. The molecule has 0 bridgehead atoms. The Morgan fingerprint density at radius 3 is 1.37 bits per heavy atom. The molecule has 0 aliphatic heterocycles. The Hall–Kier alpha value is -0.440. The van der Waals surface area contributed by atoms with Gasteiger partial charge in [-0.2, -0.15) is 0 Å². The highest BCUT2D eigenvalue weighted by Crippen LogP contribution is 3.02. The van der Waals surface area contributed by atoms with Gasteiger partial charge >= 0.3 is 0 Å². The van der Waals surface area contributed by atoms with Crippen molar-refractivity contribution < 1.29 is 0 Å². The second-order valence-corrected chi connectivity index (χ2v) is 20.1. The number of hydrogen-bond acceptors (Lipinski definition) is 0. The Morgan fingerprint density at radius 2 is 0.842 bits per heavy atom. The fourth-order valence-corrected chi connectivity index (χ4v) is 22.3. The second-order valence-electron chi connectivity index (χ2n) is 20.1. The minimum absolute atomic E-state index is 0.876. The van der Waals surface area contributed by atoms with Crippen molar-refractivity contribution in [2.45, 2.75) is 33.1 Å². The van der Waals surface area contributed by atoms with Crippen LogP contribution >= 0.6 is 0 Å². The summed E-state index contributed by atoms with van der Waals surface area (Å²) in [6.07, 6.45) is 4.50. The van der Waals surface area contributed by atoms with E-state index in [1.165, 1.54) is 172 Å². The predicted octanol–water partition coefficient (Wildman–Crippen LogP) is 5.89. The van der Waals surface area contributed by atoms with Crippen LogP contribution < -0.4 is 0 Å². The average Bonchev–Trinajstić information content (AvgIpc) is 3.55. The summed E-state index contributed by atoms with van der Waals surface area (Å²) in [6.45, 7) is 4.97. The molecule has 0 heteroatoms. The average molecular weight is 499 g/mol. The molecular formula is C38H42. The molecule has 0 N–H and O–H groups in total. The third-order valence-electron chi connectivity index (χ3n) is 22.1. The highest BCUT2D eigenvalue weighted by molar-refractivity contribution is 5.46. The first-order chi connectivity index (χ1) is 18.8. The predicted molar refractivity (Wildman–Crippen MR) is 140 cm³/mol. The molecule has 0 aromatic carbocycles. The van der Waals surface area contributed by atoms with Gasteiger partial charge in [0.05, 0.1) is 0 Å². The van der Waals surface area contributed by atoms with Gasteiger partial charge in [-0.05, 0) is 203 Å². The summed E-state index contributed by atoms with van der Waals surface area (Å²) >= 11 is 0. The van der Waals surface area contributed by atoms with Crippen LogP contribution in [0.2, 0.25) is 0 Å². The Morgan fingerprint density at radius 1 is 0.447 bits per heavy atom. The van der Waals surface area contributed by atoms with E-state index in [-0.39, 0.29) is 0 Å². The van der Waals surface area contributed by atoms with Gasteiger partial charge in [0, 0.05) is 6.42 Å². The minimum atomic E-state index is 0.876. The molecule has 0 spiro atoms. The first-order valence-electron chi connectivity index (χ1n) is 18.2. The van der Waals surface area contributed by atoms with Crippen molar-refractivity contribution in [3.8, 4) is 11.8 Å². The lowest BCUT2D eigenvalue weighted by atomic mass is 9.02. The summed E-state index contributed by atoms with van der Waals surface area (Å²) in [4.78, 5) is 0. The van der Waals surface area contributed by atoms with Gasteiger partial charge in [-0.15, -0.1) is 11.8 Å². The molecule has 0 nitrogen and oxygen atoms in total. The van der Waals surface area contributed by atoms with Gasteiger partial charge in [-0.1, -0.05) is 6.92 Å². The molecule has 194 valence electrons. The van der Waals surface area contributed by atoms with Crippen molar-refractivity contribution in [2.75, 3.05) is 0 Å². The number of rotatable bonds is 1. The normalized spacial score (nSPS) is 92.3. The van der Waals surface area contributed by atoms with Gasteiger partial charge < -0.3 is 0 Å². The fraction of sp³-hybridized carbons (Fsp3) is 0.947. The van der Waals surface area contributed by atoms with Crippen LogP contribution in [0, 0.1) is 195 Å². The molecule has 0 aromatic rings. The van der Waals surface area contributed by atoms with Crippen LogP contribution in [0.4, 0.5) is 0 Å². The summed E-state index contributed by atoms with van der Waals surface area (Å²) in [5, 5.41) is 0. The van der Waals surface area contributed by atoms with Gasteiger partial charge in [0.1, 0.15) is 0 Å². The summed E-state index contributed by atoms with van der Waals surface area (Å²) in [5.41, 5.74) is 0.876. The van der Waals surface area contributed by atoms with E-state index in [1.807, 2.05) is 0 Å². The minimum Gasteiger partial charge on any atom is -0.107 e. The van der Waals surface area contributed by atoms with Crippen molar-refractivity contribution in [1.29, 1.82) is 0 Å². The van der Waals surface area contributed by atoms with Gasteiger partial charge in [0.25, 0.3) is 0 Å². The summed E-state index contributed by atoms with van der Waals surface area (Å²) in [7, 11) is 0. The van der Waals surface area contributed by atoms with Gasteiger partial charge in [-0.3, -0.25) is 0 Å². The topological polar surface area (TPSA) is 0 Å². The van der Waals surface area contributed by atoms with E-state index >= 15 is 0 Å². The van der Waals surface area contributed by atoms with E-state index in [0.717, 1.165) is 17.3 Å². The summed E-state index contributed by atoms with van der Waals surface area (Å²) in [5.74, 6) is 44.4. The lowest BCUT2D eigenvalue weighted by Crippen LogP contribution is -2.99. The first kappa shape index (κ1) is 18.2. The van der Waals surface area contributed by atoms with Crippen LogP contribution in [0.15, 0.2) is 0 Å². The SMILES string of the molecule is CC#CC[C@@H]1CC2C3C4C5C(C6C5C5C6C6C5C5(C)C7C8C9C%10C%11C%12C%13CC%13C%12C%11C%10C9C8C7C65)C4C3C21. The van der Waals surface area contributed by atoms with Gasteiger partial charge in [-0.25, -0.2) is 0 Å². The van der Waals surface area contributed by atoms with Crippen molar-refractivity contribution in [1.82, 2.24) is 0 Å². The molecule has 16 fully saturated rings. The van der Waals surface area contributed by atoms with E-state index in [9.17, 15) is 0 Å². The van der Waals surface area contributed by atoms with E-state index in [1.54, 1.807) is 12.8 Å². The maximum absolute atomic E-state index is 3.47. The zero-order chi connectivity index (χ0) is 23.4. The van der Waals surface area contributed by atoms with E-state index in [4.69, 9.17) is 0 Å². The lowest BCUT2D eigenvalue weighted by Gasteiger charge is -3.02. The summed E-state index contributed by atoms with van der Waals surface area (Å²) < 4.78 is 0. The Balaban J connectivity index is 0.688. The van der Waals surface area contributed by atoms with Crippen LogP contribution in [-0.2, 0) is 0 Å². The van der Waals surface area contributed by atoms with Crippen molar-refractivity contribution in [3.63, 3.8) is 0 Å². The molecule has 0 radical (unpaired) electrons. The summed E-state index contributed by atoms with van der Waals surface area (Å²) in [6, 6.07) is 0. The molecule has 16 saturated carbocycles. The number of hydrogen-bond donors (Lipinski definition) is 0. The first-order valence-corrected chi connectivity index (χ1v) is 18.2. The molecule has 0 amide bonds. The van der Waals surface area contributed by atoms with E-state index in [0.29, 0.717) is 0 Å². The molecule has 0 heterocycles. The van der Waals surface area contributed by atoms with E-state index < -0.39 is 0 Å². The molecule has 0 aromatic heterocycles. The second kappa shape index (κ2) is 4.57. The zero-order valence-electron chi connectivity index (χ0n) is 22.9. The molecule has 16 aliphatic carbocycles. The maximum atomic E-state index is 3.47. The molecule has 38 heavy (non-hydrogen) atoms. The Bertz CT molecular complexity index is 1440. The van der Waals surface area contributed by atoms with Crippen molar-refractivity contribution >= 4 is 0 Å². The van der Waals surface area contributed by atoms with Crippen LogP contribution in [0.25, 0.3) is 0 Å². The molecule has 30 unspecified atom stereocenters. The van der Waals surface area contributed by atoms with Crippen LogP contribution in [0.3, 0.4) is 0 Å². The Kier molecular flexibility index (Phi) is 2.19. The van der Waals surface area contributed by atoms with Crippen LogP contribution in [-0.4, -0.2) is 0 Å². The quantitative estimate of drug-likeness (QED) is 0.312. The van der Waals surface area contributed by atoms with E-state index in [2.05, 4.69) is 25.7 Å².